The third-order valence-corrected chi connectivity index (χ3v) is 9.84. The molecule has 6 aromatic carbocycles. The van der Waals surface area contributed by atoms with Crippen molar-refractivity contribution in [1.29, 1.82) is 0 Å². The van der Waals surface area contributed by atoms with Crippen LogP contribution in [-0.2, 0) is 0 Å². The molecule has 218 valence electrons. The van der Waals surface area contributed by atoms with Crippen LogP contribution in [0.15, 0.2) is 158 Å². The monoisotopic (exact) mass is 588 g/mol. The maximum absolute atomic E-state index is 4.15. The molecule has 0 spiro atoms. The maximum Gasteiger partial charge on any atom is 0.0547 e. The first-order valence-corrected chi connectivity index (χ1v) is 15.9. The quantitative estimate of drug-likeness (QED) is 0.194. The summed E-state index contributed by atoms with van der Waals surface area (Å²) in [6, 6.07) is 48.7. The van der Waals surface area contributed by atoms with Crippen LogP contribution in [-0.4, -0.2) is 9.13 Å². The van der Waals surface area contributed by atoms with Gasteiger partial charge in [0, 0.05) is 32.8 Å². The Labute approximate surface area is 268 Å². The molecule has 2 aromatic heterocycles. The summed E-state index contributed by atoms with van der Waals surface area (Å²) >= 11 is 0. The number of hydrogen-bond acceptors (Lipinski definition) is 0. The Morgan fingerprint density at radius 2 is 1.17 bits per heavy atom. The molecular weight excluding hydrogens is 556 g/mol. The molecule has 2 nitrogen and oxygen atoms in total. The van der Waals surface area contributed by atoms with Crippen molar-refractivity contribution in [3.05, 3.63) is 169 Å². The van der Waals surface area contributed by atoms with Crippen LogP contribution >= 0.6 is 0 Å². The van der Waals surface area contributed by atoms with E-state index in [0.717, 1.165) is 0 Å². The molecule has 0 saturated carbocycles. The molecule has 0 radical (unpaired) electrons. The van der Waals surface area contributed by atoms with Crippen molar-refractivity contribution in [2.45, 2.75) is 13.8 Å². The number of rotatable bonds is 4. The SMILES string of the molecule is C=CC1=C(C)/C(=C/C)c2c1cccc2-n1c2ccccc2c2cc(-c3ccc4c5ccccc5n(-c5ccccc5)c4c3)ccc21. The molecule has 9 rings (SSSR count). The van der Waals surface area contributed by atoms with E-state index in [-0.39, 0.29) is 0 Å². The second-order valence-corrected chi connectivity index (χ2v) is 12.1. The molecular formula is C44H32N2. The first-order valence-electron chi connectivity index (χ1n) is 15.9. The van der Waals surface area contributed by atoms with Crippen LogP contribution in [0, 0.1) is 0 Å². The molecule has 2 heteroatoms. The molecule has 46 heavy (non-hydrogen) atoms. The van der Waals surface area contributed by atoms with Crippen LogP contribution in [0.25, 0.3) is 77.3 Å². The average Bonchev–Trinajstić information content (AvgIpc) is 3.72. The van der Waals surface area contributed by atoms with E-state index in [0.29, 0.717) is 0 Å². The Morgan fingerprint density at radius 3 is 1.93 bits per heavy atom. The van der Waals surface area contributed by atoms with Gasteiger partial charge in [-0.05, 0) is 95.8 Å². The van der Waals surface area contributed by atoms with E-state index in [1.54, 1.807) is 0 Å². The van der Waals surface area contributed by atoms with E-state index < -0.39 is 0 Å². The van der Waals surface area contributed by atoms with Crippen molar-refractivity contribution in [3.8, 4) is 22.5 Å². The summed E-state index contributed by atoms with van der Waals surface area (Å²) in [4.78, 5) is 0. The van der Waals surface area contributed by atoms with Gasteiger partial charge >= 0.3 is 0 Å². The summed E-state index contributed by atoms with van der Waals surface area (Å²) in [5.41, 5.74) is 16.0. The molecule has 0 saturated heterocycles. The lowest BCUT2D eigenvalue weighted by molar-refractivity contribution is 1.17. The minimum absolute atomic E-state index is 1.17. The number of aromatic nitrogens is 2. The fourth-order valence-corrected chi connectivity index (χ4v) is 7.81. The minimum Gasteiger partial charge on any atom is -0.309 e. The molecule has 0 atom stereocenters. The zero-order chi connectivity index (χ0) is 30.9. The van der Waals surface area contributed by atoms with Gasteiger partial charge in [-0.15, -0.1) is 0 Å². The van der Waals surface area contributed by atoms with Gasteiger partial charge in [0.2, 0.25) is 0 Å². The van der Waals surface area contributed by atoms with E-state index in [1.165, 1.54) is 94.0 Å². The van der Waals surface area contributed by atoms with Crippen molar-refractivity contribution in [3.63, 3.8) is 0 Å². The van der Waals surface area contributed by atoms with Crippen molar-refractivity contribution < 1.29 is 0 Å². The van der Waals surface area contributed by atoms with Crippen LogP contribution in [0.1, 0.15) is 25.0 Å². The second kappa shape index (κ2) is 10.1. The summed E-state index contributed by atoms with van der Waals surface area (Å²) in [6.45, 7) is 8.50. The van der Waals surface area contributed by atoms with Crippen LogP contribution in [0.2, 0.25) is 0 Å². The number of fused-ring (bicyclic) bond motifs is 7. The number of allylic oxidation sites excluding steroid dienone is 5. The molecule has 0 aliphatic heterocycles. The Bertz CT molecular complexity index is 2600. The molecule has 0 bridgehead atoms. The highest BCUT2D eigenvalue weighted by Crippen LogP contribution is 2.46. The smallest absolute Gasteiger partial charge is 0.0547 e. The first-order chi connectivity index (χ1) is 22.7. The molecule has 1 aliphatic carbocycles. The van der Waals surface area contributed by atoms with Gasteiger partial charge < -0.3 is 9.13 Å². The minimum atomic E-state index is 1.17. The predicted octanol–water partition coefficient (Wildman–Crippen LogP) is 11.9. The van der Waals surface area contributed by atoms with Crippen LogP contribution in [0.4, 0.5) is 0 Å². The summed E-state index contributed by atoms with van der Waals surface area (Å²) < 4.78 is 4.84. The summed E-state index contributed by atoms with van der Waals surface area (Å²) in [6.07, 6.45) is 4.24. The van der Waals surface area contributed by atoms with Crippen molar-refractivity contribution in [2.75, 3.05) is 0 Å². The Kier molecular flexibility index (Phi) is 5.82. The lowest BCUT2D eigenvalue weighted by Crippen LogP contribution is -2.00. The van der Waals surface area contributed by atoms with Gasteiger partial charge in [0.15, 0.2) is 0 Å². The highest BCUT2D eigenvalue weighted by Gasteiger charge is 2.26. The van der Waals surface area contributed by atoms with Crippen molar-refractivity contribution in [1.82, 2.24) is 9.13 Å². The number of nitrogens with zero attached hydrogens (tertiary/aromatic N) is 2. The first kappa shape index (κ1) is 26.5. The van der Waals surface area contributed by atoms with Gasteiger partial charge in [-0.3, -0.25) is 0 Å². The zero-order valence-corrected chi connectivity index (χ0v) is 26.0. The van der Waals surface area contributed by atoms with Crippen molar-refractivity contribution >= 4 is 54.8 Å². The number of hydrogen-bond donors (Lipinski definition) is 0. The zero-order valence-electron chi connectivity index (χ0n) is 26.0. The van der Waals surface area contributed by atoms with Crippen LogP contribution < -0.4 is 0 Å². The standard InChI is InChI=1S/C44H32N2/c1-4-32-28(3)33(5-2)44-37(32)18-13-21-42(44)46-40-20-12-10-17-35(40)38-26-29(23-25-41(38)46)30-22-24-36-34-16-9-11-19-39(34)45(43(36)27-30)31-14-7-6-8-15-31/h4-27H,1H2,2-3H3/b33-5-. The van der Waals surface area contributed by atoms with Crippen molar-refractivity contribution in [2.24, 2.45) is 0 Å². The lowest BCUT2D eigenvalue weighted by atomic mass is 10.00. The van der Waals surface area contributed by atoms with Crippen LogP contribution in [0.3, 0.4) is 0 Å². The maximum atomic E-state index is 4.15. The van der Waals surface area contributed by atoms with E-state index in [1.807, 2.05) is 6.08 Å². The van der Waals surface area contributed by atoms with Gasteiger partial charge in [-0.25, -0.2) is 0 Å². The molecule has 0 N–H and O–H groups in total. The predicted molar refractivity (Wildman–Crippen MR) is 197 cm³/mol. The lowest BCUT2D eigenvalue weighted by Gasteiger charge is -2.15. The van der Waals surface area contributed by atoms with Gasteiger partial charge in [0.25, 0.3) is 0 Å². The topological polar surface area (TPSA) is 9.86 Å². The molecule has 0 amide bonds. The molecule has 1 aliphatic rings. The summed E-state index contributed by atoms with van der Waals surface area (Å²) in [5.74, 6) is 0. The second-order valence-electron chi connectivity index (χ2n) is 12.1. The summed E-state index contributed by atoms with van der Waals surface area (Å²) in [5, 5.41) is 5.04. The van der Waals surface area contributed by atoms with Gasteiger partial charge in [-0.2, -0.15) is 0 Å². The highest BCUT2D eigenvalue weighted by atomic mass is 15.0. The van der Waals surface area contributed by atoms with E-state index in [9.17, 15) is 0 Å². The Balaban J connectivity index is 1.28. The van der Waals surface area contributed by atoms with Crippen LogP contribution in [0.5, 0.6) is 0 Å². The van der Waals surface area contributed by atoms with Gasteiger partial charge in [0.05, 0.1) is 27.8 Å². The fraction of sp³-hybridized carbons (Fsp3) is 0.0455. The van der Waals surface area contributed by atoms with E-state index in [4.69, 9.17) is 0 Å². The highest BCUT2D eigenvalue weighted by molar-refractivity contribution is 6.13. The molecule has 0 fully saturated rings. The Hall–Kier alpha value is -5.86. The third kappa shape index (κ3) is 3.64. The largest absolute Gasteiger partial charge is 0.309 e. The average molecular weight is 589 g/mol. The van der Waals surface area contributed by atoms with E-state index >= 15 is 0 Å². The number of para-hydroxylation sites is 3. The third-order valence-electron chi connectivity index (χ3n) is 9.84. The molecule has 0 unspecified atom stereocenters. The Morgan fingerprint density at radius 1 is 0.543 bits per heavy atom. The fourth-order valence-electron chi connectivity index (χ4n) is 7.81. The van der Waals surface area contributed by atoms with Gasteiger partial charge in [-0.1, -0.05) is 104 Å². The summed E-state index contributed by atoms with van der Waals surface area (Å²) in [7, 11) is 0. The molecule has 8 aromatic rings. The van der Waals surface area contributed by atoms with Gasteiger partial charge in [0.1, 0.15) is 0 Å². The normalized spacial score (nSPS) is 13.9. The number of benzene rings is 6. The molecule has 2 heterocycles. The van der Waals surface area contributed by atoms with E-state index in [2.05, 4.69) is 169 Å².